The lowest BCUT2D eigenvalue weighted by Crippen LogP contribution is -2.15. The summed E-state index contributed by atoms with van der Waals surface area (Å²) < 4.78 is 0. The zero-order valence-corrected chi connectivity index (χ0v) is 10.9. The van der Waals surface area contributed by atoms with Crippen molar-refractivity contribution in [2.45, 2.75) is 59.8 Å². The summed E-state index contributed by atoms with van der Waals surface area (Å²) in [6.07, 6.45) is 2.33. The van der Waals surface area contributed by atoms with Gasteiger partial charge in [-0.1, -0.05) is 40.2 Å². The van der Waals surface area contributed by atoms with Gasteiger partial charge in [0.25, 0.3) is 0 Å². The summed E-state index contributed by atoms with van der Waals surface area (Å²) in [7, 11) is 0. The minimum absolute atomic E-state index is 0.202. The first kappa shape index (κ1) is 12.2. The normalized spacial score (nSPS) is 11.9. The fourth-order valence-electron chi connectivity index (χ4n) is 2.05. The molecule has 0 unspecified atom stereocenters. The molecular weight excluding hydrogens is 182 g/mol. The standard InChI is InChI=1S/C14H23N/c1-7-8-12-9-13(14(4,5)6)11(3)15-10(12)2/h9H,7-8H2,1-6H3. The van der Waals surface area contributed by atoms with Crippen molar-refractivity contribution < 1.29 is 0 Å². The van der Waals surface area contributed by atoms with Crippen LogP contribution in [0, 0.1) is 13.8 Å². The van der Waals surface area contributed by atoms with Crippen LogP contribution in [0.15, 0.2) is 6.07 Å². The maximum absolute atomic E-state index is 4.66. The second-order valence-electron chi connectivity index (χ2n) is 5.37. The van der Waals surface area contributed by atoms with Gasteiger partial charge in [-0.2, -0.15) is 0 Å². The van der Waals surface area contributed by atoms with Crippen molar-refractivity contribution in [2.75, 3.05) is 0 Å². The zero-order chi connectivity index (χ0) is 11.6. The first-order chi connectivity index (χ1) is 6.86. The van der Waals surface area contributed by atoms with Crippen LogP contribution < -0.4 is 0 Å². The van der Waals surface area contributed by atoms with Crippen LogP contribution in [0.2, 0.25) is 0 Å². The Morgan fingerprint density at radius 3 is 2.20 bits per heavy atom. The third-order valence-corrected chi connectivity index (χ3v) is 2.84. The third-order valence-electron chi connectivity index (χ3n) is 2.84. The number of hydrogen-bond acceptors (Lipinski definition) is 1. The van der Waals surface area contributed by atoms with Crippen LogP contribution in [0.4, 0.5) is 0 Å². The highest BCUT2D eigenvalue weighted by atomic mass is 14.7. The van der Waals surface area contributed by atoms with E-state index in [-0.39, 0.29) is 5.41 Å². The van der Waals surface area contributed by atoms with E-state index >= 15 is 0 Å². The van der Waals surface area contributed by atoms with Crippen LogP contribution in [0.3, 0.4) is 0 Å². The van der Waals surface area contributed by atoms with E-state index in [1.165, 1.54) is 28.9 Å². The molecule has 1 aromatic heterocycles. The molecule has 0 aliphatic heterocycles. The molecule has 0 atom stereocenters. The molecule has 1 rings (SSSR count). The highest BCUT2D eigenvalue weighted by Crippen LogP contribution is 2.26. The van der Waals surface area contributed by atoms with E-state index in [0.717, 1.165) is 6.42 Å². The fraction of sp³-hybridized carbons (Fsp3) is 0.643. The summed E-state index contributed by atoms with van der Waals surface area (Å²) in [6, 6.07) is 2.35. The van der Waals surface area contributed by atoms with Crippen LogP contribution in [0.1, 0.15) is 56.6 Å². The molecule has 84 valence electrons. The fourth-order valence-corrected chi connectivity index (χ4v) is 2.05. The Hall–Kier alpha value is -0.850. The largest absolute Gasteiger partial charge is 0.258 e. The van der Waals surface area contributed by atoms with Gasteiger partial charge in [0, 0.05) is 11.4 Å². The Morgan fingerprint density at radius 1 is 1.13 bits per heavy atom. The predicted molar refractivity (Wildman–Crippen MR) is 66.4 cm³/mol. The molecule has 1 heterocycles. The minimum atomic E-state index is 0.202. The molecule has 0 fully saturated rings. The van der Waals surface area contributed by atoms with Crippen LogP contribution in [-0.2, 0) is 11.8 Å². The molecule has 0 aliphatic rings. The summed E-state index contributed by atoms with van der Waals surface area (Å²) in [5, 5.41) is 0. The second kappa shape index (κ2) is 4.34. The molecule has 0 spiro atoms. The molecule has 15 heavy (non-hydrogen) atoms. The van der Waals surface area contributed by atoms with E-state index in [1.54, 1.807) is 0 Å². The van der Waals surface area contributed by atoms with Crippen molar-refractivity contribution in [3.8, 4) is 0 Å². The van der Waals surface area contributed by atoms with Gasteiger partial charge < -0.3 is 0 Å². The van der Waals surface area contributed by atoms with E-state index < -0.39 is 0 Å². The highest BCUT2D eigenvalue weighted by Gasteiger charge is 2.18. The molecule has 0 radical (unpaired) electrons. The predicted octanol–water partition coefficient (Wildman–Crippen LogP) is 3.95. The van der Waals surface area contributed by atoms with Gasteiger partial charge in [0.2, 0.25) is 0 Å². The average molecular weight is 205 g/mol. The lowest BCUT2D eigenvalue weighted by Gasteiger charge is -2.22. The lowest BCUT2D eigenvalue weighted by molar-refractivity contribution is 0.580. The molecule has 1 aromatic rings. The van der Waals surface area contributed by atoms with Gasteiger partial charge >= 0.3 is 0 Å². The zero-order valence-electron chi connectivity index (χ0n) is 10.9. The Kier molecular flexibility index (Phi) is 3.54. The van der Waals surface area contributed by atoms with Crippen molar-refractivity contribution >= 4 is 0 Å². The Balaban J connectivity index is 3.23. The highest BCUT2D eigenvalue weighted by molar-refractivity contribution is 5.34. The first-order valence-corrected chi connectivity index (χ1v) is 5.84. The molecule has 1 nitrogen and oxygen atoms in total. The van der Waals surface area contributed by atoms with E-state index in [1.807, 2.05) is 0 Å². The van der Waals surface area contributed by atoms with Crippen LogP contribution in [0.5, 0.6) is 0 Å². The first-order valence-electron chi connectivity index (χ1n) is 5.84. The lowest BCUT2D eigenvalue weighted by atomic mass is 9.84. The summed E-state index contributed by atoms with van der Waals surface area (Å²) in [4.78, 5) is 4.66. The van der Waals surface area contributed by atoms with Gasteiger partial charge in [-0.25, -0.2) is 0 Å². The van der Waals surface area contributed by atoms with Gasteiger partial charge in [-0.05, 0) is 36.8 Å². The Morgan fingerprint density at radius 2 is 1.73 bits per heavy atom. The van der Waals surface area contributed by atoms with Crippen LogP contribution in [0.25, 0.3) is 0 Å². The molecule has 0 saturated carbocycles. The summed E-state index contributed by atoms with van der Waals surface area (Å²) >= 11 is 0. The Bertz CT molecular complexity index is 345. The maximum atomic E-state index is 4.66. The molecule has 0 aliphatic carbocycles. The summed E-state index contributed by atoms with van der Waals surface area (Å²) in [5.41, 5.74) is 5.37. The monoisotopic (exact) mass is 205 g/mol. The average Bonchev–Trinajstić information content (AvgIpc) is 2.07. The SMILES string of the molecule is CCCc1cc(C(C)(C)C)c(C)nc1C. The van der Waals surface area contributed by atoms with Crippen molar-refractivity contribution in [1.29, 1.82) is 0 Å². The van der Waals surface area contributed by atoms with Crippen LogP contribution >= 0.6 is 0 Å². The minimum Gasteiger partial charge on any atom is -0.258 e. The number of rotatable bonds is 2. The van der Waals surface area contributed by atoms with Gasteiger partial charge in [-0.15, -0.1) is 0 Å². The van der Waals surface area contributed by atoms with E-state index in [9.17, 15) is 0 Å². The molecule has 0 saturated heterocycles. The van der Waals surface area contributed by atoms with Crippen LogP contribution in [-0.4, -0.2) is 4.98 Å². The van der Waals surface area contributed by atoms with Gasteiger partial charge in [0.05, 0.1) is 0 Å². The number of aryl methyl sites for hydroxylation is 3. The van der Waals surface area contributed by atoms with E-state index in [0.29, 0.717) is 0 Å². The number of nitrogens with zero attached hydrogens (tertiary/aromatic N) is 1. The van der Waals surface area contributed by atoms with E-state index in [4.69, 9.17) is 0 Å². The number of pyridine rings is 1. The molecule has 0 amide bonds. The van der Waals surface area contributed by atoms with Crippen molar-refractivity contribution in [1.82, 2.24) is 4.98 Å². The summed E-state index contributed by atoms with van der Waals surface area (Å²) in [5.74, 6) is 0. The van der Waals surface area contributed by atoms with Crippen molar-refractivity contribution in [2.24, 2.45) is 0 Å². The van der Waals surface area contributed by atoms with E-state index in [2.05, 4.69) is 52.6 Å². The smallest absolute Gasteiger partial charge is 0.0413 e. The second-order valence-corrected chi connectivity index (χ2v) is 5.37. The summed E-state index contributed by atoms with van der Waals surface area (Å²) in [6.45, 7) is 13.2. The topological polar surface area (TPSA) is 12.9 Å². The van der Waals surface area contributed by atoms with Gasteiger partial charge in [-0.3, -0.25) is 4.98 Å². The van der Waals surface area contributed by atoms with Gasteiger partial charge in [0.15, 0.2) is 0 Å². The van der Waals surface area contributed by atoms with Gasteiger partial charge in [0.1, 0.15) is 0 Å². The third kappa shape index (κ3) is 2.80. The molecular formula is C14H23N. The number of hydrogen-bond donors (Lipinski definition) is 0. The molecule has 1 heteroatoms. The number of aromatic nitrogens is 1. The van der Waals surface area contributed by atoms with Crippen molar-refractivity contribution in [3.63, 3.8) is 0 Å². The quantitative estimate of drug-likeness (QED) is 0.712. The Labute approximate surface area is 93.9 Å². The molecule has 0 aromatic carbocycles. The molecule has 0 bridgehead atoms. The van der Waals surface area contributed by atoms with Crippen molar-refractivity contribution in [3.05, 3.63) is 28.6 Å². The maximum Gasteiger partial charge on any atom is 0.0413 e. The molecule has 0 N–H and O–H groups in total.